The number of carbonyl (C=O) groups excluding carboxylic acids is 1. The number of rotatable bonds is 2. The molecule has 2 aliphatic heterocycles. The van der Waals surface area contributed by atoms with Gasteiger partial charge < -0.3 is 14.6 Å². The zero-order valence-electron chi connectivity index (χ0n) is 9.36. The van der Waals surface area contributed by atoms with E-state index in [4.69, 9.17) is 16.0 Å². The first-order chi connectivity index (χ1) is 8.20. The lowest BCUT2D eigenvalue weighted by molar-refractivity contribution is 0.0874. The van der Waals surface area contributed by atoms with E-state index in [-0.39, 0.29) is 23.1 Å². The van der Waals surface area contributed by atoms with Gasteiger partial charge in [-0.05, 0) is 36.9 Å². The lowest BCUT2D eigenvalue weighted by Gasteiger charge is -2.30. The largest absolute Gasteiger partial charge is 0.420 e. The molecule has 1 amide bonds. The predicted molar refractivity (Wildman–Crippen MR) is 61.9 cm³/mol. The number of hydrogen-bond donors (Lipinski definition) is 1. The van der Waals surface area contributed by atoms with Gasteiger partial charge in [-0.2, -0.15) is 0 Å². The number of oxazole rings is 1. The maximum Gasteiger partial charge on any atom is 0.307 e. The molecule has 1 unspecified atom stereocenters. The van der Waals surface area contributed by atoms with E-state index in [1.54, 1.807) is 0 Å². The van der Waals surface area contributed by atoms with Crippen LogP contribution in [0.4, 0.5) is 0 Å². The minimum atomic E-state index is -0.274. The van der Waals surface area contributed by atoms with E-state index >= 15 is 0 Å². The van der Waals surface area contributed by atoms with Crippen molar-refractivity contribution in [1.29, 1.82) is 0 Å². The molecule has 3 heterocycles. The monoisotopic (exact) mass is 255 g/mol. The van der Waals surface area contributed by atoms with Crippen LogP contribution in [0.5, 0.6) is 0 Å². The molecule has 1 aromatic rings. The third kappa shape index (κ3) is 2.30. The van der Waals surface area contributed by atoms with Gasteiger partial charge in [0.15, 0.2) is 0 Å². The predicted octanol–water partition coefficient (Wildman–Crippen LogP) is 1.15. The number of aromatic nitrogens is 1. The normalized spacial score (nSPS) is 31.5. The van der Waals surface area contributed by atoms with Crippen LogP contribution in [0.25, 0.3) is 0 Å². The first-order valence-corrected chi connectivity index (χ1v) is 6.23. The Morgan fingerprint density at radius 3 is 3.18 bits per heavy atom. The van der Waals surface area contributed by atoms with E-state index in [1.165, 1.54) is 19.2 Å². The van der Waals surface area contributed by atoms with Crippen LogP contribution < -0.4 is 5.32 Å². The molecule has 0 saturated carbocycles. The molecule has 2 bridgehead atoms. The first kappa shape index (κ1) is 11.0. The van der Waals surface area contributed by atoms with Crippen molar-refractivity contribution < 1.29 is 9.21 Å². The molecule has 2 aliphatic rings. The number of halogens is 1. The summed E-state index contributed by atoms with van der Waals surface area (Å²) in [5.74, 6) is 0.495. The van der Waals surface area contributed by atoms with Crippen LogP contribution in [-0.4, -0.2) is 41.5 Å². The molecular weight excluding hydrogens is 242 g/mol. The second-order valence-electron chi connectivity index (χ2n) is 4.79. The molecular formula is C11H14ClN3O2. The highest BCUT2D eigenvalue weighted by Crippen LogP contribution is 2.26. The molecule has 0 spiro atoms. The Kier molecular flexibility index (Phi) is 2.80. The smallest absolute Gasteiger partial charge is 0.307 e. The van der Waals surface area contributed by atoms with Gasteiger partial charge >= 0.3 is 5.91 Å². The number of amides is 1. The van der Waals surface area contributed by atoms with Gasteiger partial charge in [-0.15, -0.1) is 0 Å². The molecule has 2 fully saturated rings. The van der Waals surface area contributed by atoms with Crippen molar-refractivity contribution in [1.82, 2.24) is 15.2 Å². The number of nitrogens with zero attached hydrogens (tertiary/aromatic N) is 2. The molecule has 6 heteroatoms. The van der Waals surface area contributed by atoms with Crippen LogP contribution in [0.1, 0.15) is 23.5 Å². The minimum Gasteiger partial charge on any atom is -0.420 e. The molecule has 92 valence electrons. The number of hydrogen-bond acceptors (Lipinski definition) is 4. The number of carbonyl (C=O) groups is 1. The topological polar surface area (TPSA) is 58.4 Å². The van der Waals surface area contributed by atoms with Gasteiger partial charge in [-0.3, -0.25) is 4.79 Å². The lowest BCUT2D eigenvalue weighted by Crippen LogP contribution is -2.47. The SMILES string of the molecule is O=C(N[C@@H]1C[C@H]2CCN(C2)C1)c1ncc(Cl)o1. The zero-order valence-corrected chi connectivity index (χ0v) is 10.1. The average molecular weight is 256 g/mol. The van der Waals surface area contributed by atoms with Gasteiger partial charge in [0.25, 0.3) is 5.89 Å². The average Bonchev–Trinajstić information content (AvgIpc) is 2.85. The minimum absolute atomic E-state index is 0.0444. The Hall–Kier alpha value is -1.07. The van der Waals surface area contributed by atoms with Crippen molar-refractivity contribution in [3.05, 3.63) is 17.3 Å². The maximum absolute atomic E-state index is 11.8. The second-order valence-corrected chi connectivity index (χ2v) is 5.16. The Bertz CT molecular complexity index is 422. The maximum atomic E-state index is 11.8. The summed E-state index contributed by atoms with van der Waals surface area (Å²) < 4.78 is 4.98. The molecule has 3 rings (SSSR count). The molecule has 2 saturated heterocycles. The molecule has 17 heavy (non-hydrogen) atoms. The summed E-state index contributed by atoms with van der Waals surface area (Å²) >= 11 is 5.59. The van der Waals surface area contributed by atoms with Crippen LogP contribution in [0.15, 0.2) is 10.6 Å². The third-order valence-corrected chi connectivity index (χ3v) is 3.65. The Morgan fingerprint density at radius 1 is 1.59 bits per heavy atom. The van der Waals surface area contributed by atoms with E-state index in [2.05, 4.69) is 15.2 Å². The zero-order chi connectivity index (χ0) is 11.8. The van der Waals surface area contributed by atoms with Gasteiger partial charge in [0.05, 0.1) is 6.20 Å². The molecule has 0 aliphatic carbocycles. The van der Waals surface area contributed by atoms with E-state index < -0.39 is 0 Å². The first-order valence-electron chi connectivity index (χ1n) is 5.85. The van der Waals surface area contributed by atoms with Gasteiger partial charge in [0.2, 0.25) is 5.22 Å². The fourth-order valence-electron chi connectivity index (χ4n) is 2.77. The molecule has 5 nitrogen and oxygen atoms in total. The van der Waals surface area contributed by atoms with Crippen LogP contribution >= 0.6 is 11.6 Å². The van der Waals surface area contributed by atoms with Crippen LogP contribution in [0.3, 0.4) is 0 Å². The van der Waals surface area contributed by atoms with E-state index in [0.29, 0.717) is 0 Å². The molecule has 0 radical (unpaired) electrons. The van der Waals surface area contributed by atoms with Crippen LogP contribution in [-0.2, 0) is 0 Å². The third-order valence-electron chi connectivity index (χ3n) is 3.47. The lowest BCUT2D eigenvalue weighted by atomic mass is 9.97. The van der Waals surface area contributed by atoms with Crippen molar-refractivity contribution in [2.45, 2.75) is 18.9 Å². The highest BCUT2D eigenvalue weighted by molar-refractivity contribution is 6.28. The summed E-state index contributed by atoms with van der Waals surface area (Å²) in [5.41, 5.74) is 0. The van der Waals surface area contributed by atoms with Crippen molar-refractivity contribution >= 4 is 17.5 Å². The molecule has 1 N–H and O–H groups in total. The summed E-state index contributed by atoms with van der Waals surface area (Å²) in [4.78, 5) is 18.0. The molecule has 1 aromatic heterocycles. The van der Waals surface area contributed by atoms with E-state index in [0.717, 1.165) is 25.4 Å². The Balaban J connectivity index is 1.62. The molecule has 0 aromatic carbocycles. The quantitative estimate of drug-likeness (QED) is 0.861. The van der Waals surface area contributed by atoms with Gasteiger partial charge in [-0.25, -0.2) is 4.98 Å². The van der Waals surface area contributed by atoms with Crippen molar-refractivity contribution in [2.24, 2.45) is 5.92 Å². The van der Waals surface area contributed by atoms with Crippen molar-refractivity contribution in [2.75, 3.05) is 19.6 Å². The van der Waals surface area contributed by atoms with Crippen molar-refractivity contribution in [3.8, 4) is 0 Å². The molecule has 3 atom stereocenters. The van der Waals surface area contributed by atoms with Crippen LogP contribution in [0, 0.1) is 5.92 Å². The highest BCUT2D eigenvalue weighted by atomic mass is 35.5. The highest BCUT2D eigenvalue weighted by Gasteiger charge is 2.33. The summed E-state index contributed by atoms with van der Waals surface area (Å²) in [6.07, 6.45) is 3.64. The van der Waals surface area contributed by atoms with Gasteiger partial charge in [0, 0.05) is 19.1 Å². The van der Waals surface area contributed by atoms with Gasteiger partial charge in [0.1, 0.15) is 0 Å². The Morgan fingerprint density at radius 2 is 2.47 bits per heavy atom. The standard InChI is InChI=1S/C11H14ClN3O2/c12-9-4-13-11(17-9)10(16)14-8-3-7-1-2-15(5-7)6-8/h4,7-8H,1-3,5-6H2,(H,14,16)/t7-,8-/m1/s1. The summed E-state index contributed by atoms with van der Waals surface area (Å²) in [6, 6.07) is 0.203. The second kappa shape index (κ2) is 4.31. The summed E-state index contributed by atoms with van der Waals surface area (Å²) in [6.45, 7) is 3.26. The number of piperidine rings is 1. The summed E-state index contributed by atoms with van der Waals surface area (Å²) in [7, 11) is 0. The van der Waals surface area contributed by atoms with E-state index in [1.807, 2.05) is 0 Å². The van der Waals surface area contributed by atoms with Crippen LogP contribution in [0.2, 0.25) is 5.22 Å². The summed E-state index contributed by atoms with van der Waals surface area (Å²) in [5, 5.41) is 3.10. The van der Waals surface area contributed by atoms with E-state index in [9.17, 15) is 4.79 Å². The van der Waals surface area contributed by atoms with Crippen molar-refractivity contribution in [3.63, 3.8) is 0 Å². The fraction of sp³-hybridized carbons (Fsp3) is 0.636. The fourth-order valence-corrected chi connectivity index (χ4v) is 2.89. The van der Waals surface area contributed by atoms with Gasteiger partial charge in [-0.1, -0.05) is 0 Å². The Labute approximate surface area is 104 Å². The number of fused-ring (bicyclic) bond motifs is 2. The number of nitrogens with one attached hydrogen (secondary N) is 1.